The van der Waals surface area contributed by atoms with E-state index in [4.69, 9.17) is 39.4 Å². The maximum Gasteiger partial charge on any atom is 0.407 e. The fourth-order valence-electron chi connectivity index (χ4n) is 7.65. The van der Waals surface area contributed by atoms with Gasteiger partial charge in [-0.2, -0.15) is 0 Å². The first-order valence-corrected chi connectivity index (χ1v) is 20.6. The van der Waals surface area contributed by atoms with Crippen LogP contribution in [0.5, 0.6) is 11.5 Å². The lowest BCUT2D eigenvalue weighted by atomic mass is 10.0. The normalized spacial score (nSPS) is 17.5. The van der Waals surface area contributed by atoms with Crippen LogP contribution in [0.2, 0.25) is 0 Å². The lowest BCUT2D eigenvalue weighted by molar-refractivity contribution is -0.136. The molecule has 4 aromatic rings. The number of fused-ring (bicyclic) bond motifs is 1. The summed E-state index contributed by atoms with van der Waals surface area (Å²) >= 11 is 0. The molecule has 6 rings (SSSR count). The molecule has 2 aliphatic rings. The summed E-state index contributed by atoms with van der Waals surface area (Å²) in [4.78, 5) is 59.2. The summed E-state index contributed by atoms with van der Waals surface area (Å²) in [6.45, 7) is 10.1. The van der Waals surface area contributed by atoms with Crippen molar-refractivity contribution in [1.82, 2.24) is 35.1 Å². The smallest absolute Gasteiger partial charge is 0.407 e. The van der Waals surface area contributed by atoms with E-state index in [2.05, 4.69) is 27.1 Å². The molecule has 4 heterocycles. The third kappa shape index (κ3) is 9.86. The maximum absolute atomic E-state index is 13.7. The fourth-order valence-corrected chi connectivity index (χ4v) is 7.65. The number of imidazole rings is 2. The molecule has 4 atom stereocenters. The van der Waals surface area contributed by atoms with Crippen LogP contribution in [0.4, 0.5) is 4.79 Å². The molecule has 2 aliphatic heterocycles. The highest BCUT2D eigenvalue weighted by Crippen LogP contribution is 2.42. The number of carbonyl (C=O) groups excluding carboxylic acids is 3. The van der Waals surface area contributed by atoms with E-state index in [0.29, 0.717) is 66.3 Å². The van der Waals surface area contributed by atoms with Gasteiger partial charge < -0.3 is 54.5 Å². The Labute approximate surface area is 351 Å². The molecule has 0 aliphatic carbocycles. The zero-order valence-corrected chi connectivity index (χ0v) is 35.6. The van der Waals surface area contributed by atoms with Crippen LogP contribution in [0, 0.1) is 23.7 Å². The average Bonchev–Trinajstić information content (AvgIpc) is 4.08. The second kappa shape index (κ2) is 20.1. The number of ether oxygens (including phenoxy) is 5. The summed E-state index contributed by atoms with van der Waals surface area (Å²) in [6, 6.07) is 7.76. The van der Waals surface area contributed by atoms with E-state index in [-0.39, 0.29) is 48.9 Å². The number of nitrogens with two attached hydrogens (primary N) is 1. The largest absolute Gasteiger partial charge is 0.487 e. The monoisotopic (exact) mass is 826 g/mol. The lowest BCUT2D eigenvalue weighted by Crippen LogP contribution is -2.51. The van der Waals surface area contributed by atoms with Gasteiger partial charge in [-0.1, -0.05) is 39.5 Å². The van der Waals surface area contributed by atoms with Crippen LogP contribution in [0.25, 0.3) is 22.3 Å². The van der Waals surface area contributed by atoms with Gasteiger partial charge in [0.1, 0.15) is 30.9 Å². The molecule has 0 unspecified atom stereocenters. The number of nitrogens with zero attached hydrogens (tertiary/aromatic N) is 4. The molecule has 5 N–H and O–H groups in total. The Bertz CT molecular complexity index is 2190. The third-order valence-corrected chi connectivity index (χ3v) is 11.0. The summed E-state index contributed by atoms with van der Waals surface area (Å²) in [5.41, 5.74) is 10.6. The van der Waals surface area contributed by atoms with Gasteiger partial charge in [0.05, 0.1) is 66.9 Å². The maximum atomic E-state index is 13.7. The highest BCUT2D eigenvalue weighted by Gasteiger charge is 2.38. The summed E-state index contributed by atoms with van der Waals surface area (Å²) in [6.07, 6.45) is 4.29. The van der Waals surface area contributed by atoms with Crippen LogP contribution in [0.3, 0.4) is 0 Å². The second-order valence-electron chi connectivity index (χ2n) is 15.8. The highest BCUT2D eigenvalue weighted by molar-refractivity contribution is 5.87. The van der Waals surface area contributed by atoms with Gasteiger partial charge in [0.15, 0.2) is 11.5 Å². The fraction of sp³-hybridized carbons (Fsp3) is 0.523. The molecular formula is C44H58N8O8. The van der Waals surface area contributed by atoms with E-state index in [1.54, 1.807) is 25.3 Å². The molecule has 0 bridgehead atoms. The third-order valence-electron chi connectivity index (χ3n) is 11.0. The molecule has 0 spiro atoms. The van der Waals surface area contributed by atoms with Crippen molar-refractivity contribution in [2.24, 2.45) is 17.6 Å². The van der Waals surface area contributed by atoms with Crippen LogP contribution >= 0.6 is 0 Å². The van der Waals surface area contributed by atoms with Crippen molar-refractivity contribution in [3.05, 3.63) is 59.3 Å². The molecular weight excluding hydrogens is 769 g/mol. The SMILES string of the molecule is COCCOc1c(C#Cc2ccc3nc([C@@H]4CCCN4C(=O)[C@@H](NC(=O)OC)C(C)C)[nH]c3c2)ccc(-c2cnc([C@@H]3CCCN3C(=O)[C@H](N)C(C)C)[nH]2)c1OCCOC. The molecule has 2 saturated heterocycles. The molecule has 2 fully saturated rings. The van der Waals surface area contributed by atoms with Crippen LogP contribution < -0.4 is 20.5 Å². The first-order valence-electron chi connectivity index (χ1n) is 20.6. The Kier molecular flexibility index (Phi) is 14.7. The summed E-state index contributed by atoms with van der Waals surface area (Å²) in [5.74, 6) is 8.52. The van der Waals surface area contributed by atoms with Crippen LogP contribution in [0.15, 0.2) is 36.5 Å². The predicted molar refractivity (Wildman–Crippen MR) is 225 cm³/mol. The number of likely N-dealkylation sites (tertiary alicyclic amines) is 2. The van der Waals surface area contributed by atoms with Gasteiger partial charge in [-0.15, -0.1) is 0 Å². The van der Waals surface area contributed by atoms with Crippen molar-refractivity contribution in [3.8, 4) is 34.6 Å². The van der Waals surface area contributed by atoms with E-state index in [1.165, 1.54) is 7.11 Å². The number of rotatable bonds is 16. The van der Waals surface area contributed by atoms with Gasteiger partial charge in [0.25, 0.3) is 0 Å². The van der Waals surface area contributed by atoms with Crippen LogP contribution in [0.1, 0.15) is 88.2 Å². The molecule has 2 aromatic carbocycles. The first-order chi connectivity index (χ1) is 28.9. The highest BCUT2D eigenvalue weighted by atomic mass is 16.6. The number of aromatic amines is 2. The number of aromatic nitrogens is 4. The average molecular weight is 827 g/mol. The number of alkyl carbamates (subject to hydrolysis) is 1. The number of benzene rings is 2. The summed E-state index contributed by atoms with van der Waals surface area (Å²) in [7, 11) is 4.50. The van der Waals surface area contributed by atoms with Crippen molar-refractivity contribution < 1.29 is 38.1 Å². The van der Waals surface area contributed by atoms with Crippen molar-refractivity contribution in [3.63, 3.8) is 0 Å². The quantitative estimate of drug-likeness (QED) is 0.0867. The van der Waals surface area contributed by atoms with Gasteiger partial charge in [0, 0.05) is 38.4 Å². The van der Waals surface area contributed by atoms with Crippen LogP contribution in [-0.4, -0.2) is 121 Å². The molecule has 322 valence electrons. The van der Waals surface area contributed by atoms with Crippen molar-refractivity contribution in [2.75, 3.05) is 60.8 Å². The number of amides is 3. The topological polar surface area (TPSA) is 199 Å². The van der Waals surface area contributed by atoms with Crippen molar-refractivity contribution >= 4 is 28.9 Å². The standard InChI is InChI=1S/C44H58N8O8/c1-26(2)36(45)42(53)51-18-8-10-34(51)40-46-25-33(49-40)30-16-15-29(38(59-22-20-56-5)39(30)60-23-21-57-6)14-12-28-13-17-31-32(24-28)48-41(47-31)35-11-9-19-52(35)43(54)37(27(3)4)50-44(55)58-7/h13,15-17,24-27,34-37H,8-11,18-23,45H2,1-7H3,(H,46,49)(H,47,48)(H,50,55)/t34-,35-,36+,37-/m0/s1. The Hall–Kier alpha value is -5.63. The van der Waals surface area contributed by atoms with E-state index < -0.39 is 18.2 Å². The Balaban J connectivity index is 1.30. The Morgan fingerprint density at radius 1 is 0.833 bits per heavy atom. The van der Waals surface area contributed by atoms with Gasteiger partial charge in [-0.25, -0.2) is 14.8 Å². The summed E-state index contributed by atoms with van der Waals surface area (Å²) in [5, 5.41) is 2.70. The summed E-state index contributed by atoms with van der Waals surface area (Å²) < 4.78 is 28.1. The molecule has 0 radical (unpaired) electrons. The van der Waals surface area contributed by atoms with Gasteiger partial charge in [-0.05, 0) is 67.9 Å². The van der Waals surface area contributed by atoms with Crippen LogP contribution in [-0.2, 0) is 23.8 Å². The molecule has 3 amide bonds. The molecule has 2 aromatic heterocycles. The second-order valence-corrected chi connectivity index (χ2v) is 15.8. The minimum atomic E-state index is -0.723. The van der Waals surface area contributed by atoms with Crippen molar-refractivity contribution in [2.45, 2.75) is 77.5 Å². The predicted octanol–water partition coefficient (Wildman–Crippen LogP) is 5.09. The number of carbonyl (C=O) groups is 3. The zero-order valence-electron chi connectivity index (χ0n) is 35.6. The number of hydrogen-bond acceptors (Lipinski definition) is 11. The van der Waals surface area contributed by atoms with E-state index in [9.17, 15) is 14.4 Å². The molecule has 16 nitrogen and oxygen atoms in total. The van der Waals surface area contributed by atoms with Gasteiger partial charge in [-0.3, -0.25) is 9.59 Å². The number of hydrogen-bond donors (Lipinski definition) is 4. The van der Waals surface area contributed by atoms with Gasteiger partial charge >= 0.3 is 6.09 Å². The van der Waals surface area contributed by atoms with Crippen molar-refractivity contribution in [1.29, 1.82) is 0 Å². The minimum absolute atomic E-state index is 0.0200. The Morgan fingerprint density at radius 2 is 1.50 bits per heavy atom. The van der Waals surface area contributed by atoms with E-state index >= 15 is 0 Å². The number of nitrogens with one attached hydrogen (secondary N) is 3. The Morgan fingerprint density at radius 3 is 2.15 bits per heavy atom. The molecule has 0 saturated carbocycles. The first kappa shape index (κ1) is 43.9. The molecule has 60 heavy (non-hydrogen) atoms. The van der Waals surface area contributed by atoms with Gasteiger partial charge in [0.2, 0.25) is 11.8 Å². The number of H-pyrrole nitrogens is 2. The van der Waals surface area contributed by atoms with E-state index in [1.807, 2.05) is 62.9 Å². The molecule has 16 heteroatoms. The minimum Gasteiger partial charge on any atom is -0.487 e. The lowest BCUT2D eigenvalue weighted by Gasteiger charge is -2.29. The number of methoxy groups -OCH3 is 3. The van der Waals surface area contributed by atoms with E-state index in [0.717, 1.165) is 42.3 Å². The zero-order chi connectivity index (χ0) is 42.9.